The number of carboxylic acid groups (broad SMARTS) is 1. The van der Waals surface area contributed by atoms with E-state index in [4.69, 9.17) is 0 Å². The van der Waals surface area contributed by atoms with Crippen LogP contribution in [0.2, 0.25) is 0 Å². The second-order valence-electron chi connectivity index (χ2n) is 6.80. The Labute approximate surface area is 143 Å². The Morgan fingerprint density at radius 2 is 1.79 bits per heavy atom. The number of rotatable bonds is 6. The molecular weight excluding hydrogens is 310 g/mol. The number of carbonyl (C=O) groups is 3. The van der Waals surface area contributed by atoms with Crippen molar-refractivity contribution in [3.63, 3.8) is 0 Å². The summed E-state index contributed by atoms with van der Waals surface area (Å²) >= 11 is 0. The number of likely N-dealkylation sites (tertiary alicyclic amines) is 2. The Morgan fingerprint density at radius 3 is 2.42 bits per heavy atom. The van der Waals surface area contributed by atoms with Crippen molar-refractivity contribution in [2.24, 2.45) is 5.92 Å². The Kier molecular flexibility index (Phi) is 6.87. The third-order valence-electron chi connectivity index (χ3n) is 4.90. The molecule has 7 heteroatoms. The summed E-state index contributed by atoms with van der Waals surface area (Å²) < 4.78 is 0. The van der Waals surface area contributed by atoms with Gasteiger partial charge in [0.05, 0.1) is 5.92 Å². The van der Waals surface area contributed by atoms with Gasteiger partial charge in [0.1, 0.15) is 6.04 Å². The lowest BCUT2D eigenvalue weighted by Crippen LogP contribution is -2.51. The second kappa shape index (κ2) is 8.89. The molecule has 0 spiro atoms. The third kappa shape index (κ3) is 4.85. The molecule has 136 valence electrons. The van der Waals surface area contributed by atoms with Gasteiger partial charge in [0, 0.05) is 26.2 Å². The second-order valence-corrected chi connectivity index (χ2v) is 6.80. The fraction of sp³-hybridized carbons (Fsp3) is 0.824. The lowest BCUT2D eigenvalue weighted by molar-refractivity contribution is -0.143. The Bertz CT molecular complexity index is 463. The van der Waals surface area contributed by atoms with Gasteiger partial charge >= 0.3 is 12.0 Å². The molecule has 0 aromatic rings. The largest absolute Gasteiger partial charge is 0.480 e. The first-order chi connectivity index (χ1) is 11.5. The number of urea groups is 1. The number of nitrogens with zero attached hydrogens (tertiary/aromatic N) is 2. The number of aliphatic carboxylic acids is 1. The Hall–Kier alpha value is -1.79. The first-order valence-corrected chi connectivity index (χ1v) is 9.10. The van der Waals surface area contributed by atoms with E-state index in [1.807, 2.05) is 11.8 Å². The lowest BCUT2D eigenvalue weighted by Gasteiger charge is -2.35. The van der Waals surface area contributed by atoms with Crippen LogP contribution in [0.15, 0.2) is 0 Å². The van der Waals surface area contributed by atoms with E-state index >= 15 is 0 Å². The van der Waals surface area contributed by atoms with Gasteiger partial charge in [-0.15, -0.1) is 0 Å². The molecule has 2 atom stereocenters. The summed E-state index contributed by atoms with van der Waals surface area (Å²) in [5.41, 5.74) is 0. The molecule has 2 saturated heterocycles. The zero-order chi connectivity index (χ0) is 17.5. The van der Waals surface area contributed by atoms with Crippen LogP contribution < -0.4 is 5.32 Å². The van der Waals surface area contributed by atoms with Crippen molar-refractivity contribution in [3.05, 3.63) is 0 Å². The van der Waals surface area contributed by atoms with E-state index in [1.54, 1.807) is 4.90 Å². The number of amides is 3. The summed E-state index contributed by atoms with van der Waals surface area (Å²) in [6.45, 7) is 4.65. The SMILES string of the molecule is CCCC[C@H](NC(=O)C1CCCN(C(=O)N2CCCC2)C1)C(=O)O. The first kappa shape index (κ1) is 18.5. The predicted molar refractivity (Wildman–Crippen MR) is 89.6 cm³/mol. The molecule has 0 bridgehead atoms. The minimum Gasteiger partial charge on any atom is -0.480 e. The molecule has 3 amide bonds. The topological polar surface area (TPSA) is 90.0 Å². The molecule has 7 nitrogen and oxygen atoms in total. The van der Waals surface area contributed by atoms with E-state index in [0.29, 0.717) is 25.9 Å². The number of carbonyl (C=O) groups excluding carboxylic acids is 2. The standard InChI is InChI=1S/C17H29N3O4/c1-2-3-8-14(16(22)23)18-15(21)13-7-6-11-20(12-13)17(24)19-9-4-5-10-19/h13-14H,2-12H2,1H3,(H,18,21)(H,22,23)/t13?,14-/m0/s1. The zero-order valence-electron chi connectivity index (χ0n) is 14.5. The lowest BCUT2D eigenvalue weighted by atomic mass is 9.96. The van der Waals surface area contributed by atoms with Crippen LogP contribution in [0.3, 0.4) is 0 Å². The van der Waals surface area contributed by atoms with E-state index < -0.39 is 12.0 Å². The van der Waals surface area contributed by atoms with Crippen molar-refractivity contribution in [2.75, 3.05) is 26.2 Å². The maximum Gasteiger partial charge on any atom is 0.326 e. The Morgan fingerprint density at radius 1 is 1.12 bits per heavy atom. The molecule has 1 unspecified atom stereocenters. The van der Waals surface area contributed by atoms with Crippen molar-refractivity contribution in [3.8, 4) is 0 Å². The zero-order valence-corrected chi connectivity index (χ0v) is 14.5. The van der Waals surface area contributed by atoms with Crippen molar-refractivity contribution in [1.82, 2.24) is 15.1 Å². The number of hydrogen-bond donors (Lipinski definition) is 2. The molecule has 2 aliphatic rings. The van der Waals surface area contributed by atoms with Crippen molar-refractivity contribution < 1.29 is 19.5 Å². The van der Waals surface area contributed by atoms with E-state index in [-0.39, 0.29) is 17.9 Å². The monoisotopic (exact) mass is 339 g/mol. The molecule has 0 aliphatic carbocycles. The van der Waals surface area contributed by atoms with Gasteiger partial charge < -0.3 is 20.2 Å². The minimum absolute atomic E-state index is 0.0192. The molecule has 24 heavy (non-hydrogen) atoms. The van der Waals surface area contributed by atoms with Gasteiger partial charge in [0.15, 0.2) is 0 Å². The normalized spacial score (nSPS) is 22.3. The summed E-state index contributed by atoms with van der Waals surface area (Å²) in [5, 5.41) is 11.9. The highest BCUT2D eigenvalue weighted by molar-refractivity contribution is 5.85. The van der Waals surface area contributed by atoms with E-state index in [1.165, 1.54) is 0 Å². The highest BCUT2D eigenvalue weighted by Gasteiger charge is 2.32. The van der Waals surface area contributed by atoms with Gasteiger partial charge in [-0.3, -0.25) is 4.79 Å². The number of carboxylic acids is 1. The van der Waals surface area contributed by atoms with Crippen LogP contribution in [0.25, 0.3) is 0 Å². The van der Waals surface area contributed by atoms with Gasteiger partial charge in [-0.25, -0.2) is 9.59 Å². The number of nitrogens with one attached hydrogen (secondary N) is 1. The van der Waals surface area contributed by atoms with Crippen molar-refractivity contribution in [2.45, 2.75) is 57.9 Å². The highest BCUT2D eigenvalue weighted by Crippen LogP contribution is 2.20. The average Bonchev–Trinajstić information content (AvgIpc) is 3.12. The fourth-order valence-corrected chi connectivity index (χ4v) is 3.43. The molecular formula is C17H29N3O4. The van der Waals surface area contributed by atoms with E-state index in [2.05, 4.69) is 5.32 Å². The van der Waals surface area contributed by atoms with Crippen LogP contribution in [0.1, 0.15) is 51.9 Å². The van der Waals surface area contributed by atoms with Gasteiger partial charge in [-0.2, -0.15) is 0 Å². The van der Waals surface area contributed by atoms with E-state index in [0.717, 1.165) is 45.2 Å². The van der Waals surface area contributed by atoms with Crippen molar-refractivity contribution in [1.29, 1.82) is 0 Å². The molecule has 2 fully saturated rings. The van der Waals surface area contributed by atoms with E-state index in [9.17, 15) is 19.5 Å². The van der Waals surface area contributed by atoms with Crippen LogP contribution in [0.5, 0.6) is 0 Å². The first-order valence-electron chi connectivity index (χ1n) is 9.10. The van der Waals surface area contributed by atoms with Crippen LogP contribution in [0, 0.1) is 5.92 Å². The third-order valence-corrected chi connectivity index (χ3v) is 4.90. The van der Waals surface area contributed by atoms with Crippen molar-refractivity contribution >= 4 is 17.9 Å². The summed E-state index contributed by atoms with van der Waals surface area (Å²) in [4.78, 5) is 39.8. The van der Waals surface area contributed by atoms with Gasteiger partial charge in [-0.1, -0.05) is 19.8 Å². The number of piperidine rings is 1. The number of hydrogen-bond acceptors (Lipinski definition) is 3. The summed E-state index contributed by atoms with van der Waals surface area (Å²) in [6.07, 6.45) is 5.67. The smallest absolute Gasteiger partial charge is 0.326 e. The molecule has 0 aromatic heterocycles. The summed E-state index contributed by atoms with van der Waals surface area (Å²) in [5.74, 6) is -1.54. The molecule has 2 heterocycles. The molecule has 0 radical (unpaired) electrons. The van der Waals surface area contributed by atoms with Crippen LogP contribution >= 0.6 is 0 Å². The van der Waals surface area contributed by atoms with Gasteiger partial charge in [0.25, 0.3) is 0 Å². The predicted octanol–water partition coefficient (Wildman–Crippen LogP) is 1.67. The van der Waals surface area contributed by atoms with Crippen LogP contribution in [-0.2, 0) is 9.59 Å². The van der Waals surface area contributed by atoms with Gasteiger partial charge in [0.2, 0.25) is 5.91 Å². The molecule has 2 aliphatic heterocycles. The number of unbranched alkanes of at least 4 members (excludes halogenated alkanes) is 1. The van der Waals surface area contributed by atoms with Crippen LogP contribution in [0.4, 0.5) is 4.79 Å². The quantitative estimate of drug-likeness (QED) is 0.770. The van der Waals surface area contributed by atoms with Gasteiger partial charge in [-0.05, 0) is 32.1 Å². The van der Waals surface area contributed by atoms with Crippen LogP contribution in [-0.4, -0.2) is 65.0 Å². The average molecular weight is 339 g/mol. The molecule has 2 rings (SSSR count). The molecule has 0 aromatic carbocycles. The molecule has 2 N–H and O–H groups in total. The summed E-state index contributed by atoms with van der Waals surface area (Å²) in [7, 11) is 0. The molecule has 0 saturated carbocycles. The summed E-state index contributed by atoms with van der Waals surface area (Å²) in [6, 6.07) is -0.812. The highest BCUT2D eigenvalue weighted by atomic mass is 16.4. The maximum atomic E-state index is 12.5. The fourth-order valence-electron chi connectivity index (χ4n) is 3.43. The maximum absolute atomic E-state index is 12.5. The minimum atomic E-state index is -0.988. The Balaban J connectivity index is 1.89.